The van der Waals surface area contributed by atoms with Gasteiger partial charge in [0.25, 0.3) is 0 Å². The fourth-order valence-corrected chi connectivity index (χ4v) is 2.15. The second-order valence-corrected chi connectivity index (χ2v) is 4.23. The van der Waals surface area contributed by atoms with Crippen LogP contribution in [-0.4, -0.2) is 42.6 Å². The van der Waals surface area contributed by atoms with Gasteiger partial charge in [-0.2, -0.15) is 0 Å². The summed E-state index contributed by atoms with van der Waals surface area (Å²) in [5.74, 6) is 0.238. The van der Waals surface area contributed by atoms with E-state index >= 15 is 0 Å². The highest BCUT2D eigenvalue weighted by Crippen LogP contribution is 2.16. The minimum absolute atomic E-state index is 0.161. The molecule has 0 aromatic heterocycles. The largest absolute Gasteiger partial charge is 0.376 e. The number of hydrogen-bond donors (Lipinski definition) is 1. The molecule has 2 fully saturated rings. The Morgan fingerprint density at radius 2 is 2.36 bits per heavy atom. The van der Waals surface area contributed by atoms with Crippen LogP contribution >= 0.6 is 0 Å². The molecule has 0 aromatic carbocycles. The van der Waals surface area contributed by atoms with Crippen LogP contribution in [0.4, 0.5) is 0 Å². The highest BCUT2D eigenvalue weighted by atomic mass is 16.5. The Bertz CT molecular complexity index is 214. The first-order chi connectivity index (χ1) is 6.75. The molecule has 2 aliphatic rings. The van der Waals surface area contributed by atoms with Crippen LogP contribution in [0.1, 0.15) is 25.7 Å². The molecule has 4 heteroatoms. The van der Waals surface area contributed by atoms with E-state index in [0.717, 1.165) is 32.4 Å². The Labute approximate surface area is 84.4 Å². The number of rotatable bonds is 2. The first-order valence-electron chi connectivity index (χ1n) is 5.40. The molecule has 2 atom stereocenters. The third-order valence-electron chi connectivity index (χ3n) is 2.98. The molecular weight excluding hydrogens is 180 g/mol. The van der Waals surface area contributed by atoms with Crippen LogP contribution in [0.5, 0.6) is 0 Å². The maximum Gasteiger partial charge on any atom is 0.222 e. The van der Waals surface area contributed by atoms with E-state index in [2.05, 4.69) is 0 Å². The van der Waals surface area contributed by atoms with Gasteiger partial charge in [0.1, 0.15) is 0 Å². The molecule has 4 nitrogen and oxygen atoms in total. The molecule has 2 aliphatic heterocycles. The monoisotopic (exact) mass is 198 g/mol. The summed E-state index contributed by atoms with van der Waals surface area (Å²) in [5.41, 5.74) is 5.83. The summed E-state index contributed by atoms with van der Waals surface area (Å²) in [4.78, 5) is 13.4. The van der Waals surface area contributed by atoms with Crippen molar-refractivity contribution in [2.24, 2.45) is 5.73 Å². The van der Waals surface area contributed by atoms with Crippen LogP contribution in [0, 0.1) is 0 Å². The number of nitrogens with zero attached hydrogens (tertiary/aromatic N) is 1. The fraction of sp³-hybridized carbons (Fsp3) is 0.900. The third kappa shape index (κ3) is 2.25. The van der Waals surface area contributed by atoms with Gasteiger partial charge in [-0.15, -0.1) is 0 Å². The quantitative estimate of drug-likeness (QED) is 0.685. The maximum absolute atomic E-state index is 11.5. The third-order valence-corrected chi connectivity index (χ3v) is 2.98. The Morgan fingerprint density at radius 1 is 1.50 bits per heavy atom. The normalized spacial score (nSPS) is 33.8. The lowest BCUT2D eigenvalue weighted by atomic mass is 10.1. The molecular formula is C10H18N2O2. The molecule has 0 saturated carbocycles. The maximum atomic E-state index is 11.5. The molecule has 0 bridgehead atoms. The average Bonchev–Trinajstić information content (AvgIpc) is 2.64. The van der Waals surface area contributed by atoms with E-state index in [4.69, 9.17) is 10.5 Å². The smallest absolute Gasteiger partial charge is 0.222 e. The zero-order valence-electron chi connectivity index (χ0n) is 8.45. The second-order valence-electron chi connectivity index (χ2n) is 4.23. The summed E-state index contributed by atoms with van der Waals surface area (Å²) in [6.45, 7) is 2.30. The van der Waals surface area contributed by atoms with Crippen molar-refractivity contribution in [2.45, 2.75) is 37.8 Å². The van der Waals surface area contributed by atoms with Crippen LogP contribution in [0.3, 0.4) is 0 Å². The summed E-state index contributed by atoms with van der Waals surface area (Å²) >= 11 is 0. The Morgan fingerprint density at radius 3 is 3.07 bits per heavy atom. The Balaban J connectivity index is 1.85. The molecule has 0 aliphatic carbocycles. The molecule has 2 rings (SSSR count). The minimum Gasteiger partial charge on any atom is -0.376 e. The van der Waals surface area contributed by atoms with Crippen molar-refractivity contribution < 1.29 is 9.53 Å². The molecule has 1 amide bonds. The number of amides is 1. The highest BCUT2D eigenvalue weighted by molar-refractivity contribution is 5.77. The van der Waals surface area contributed by atoms with Gasteiger partial charge in [-0.3, -0.25) is 4.79 Å². The van der Waals surface area contributed by atoms with Crippen LogP contribution in [-0.2, 0) is 9.53 Å². The first kappa shape index (κ1) is 9.93. The van der Waals surface area contributed by atoms with Crippen molar-refractivity contribution in [1.29, 1.82) is 0 Å². The number of carbonyl (C=O) groups is 1. The van der Waals surface area contributed by atoms with Crippen molar-refractivity contribution in [3.8, 4) is 0 Å². The van der Waals surface area contributed by atoms with E-state index in [0.29, 0.717) is 13.0 Å². The van der Waals surface area contributed by atoms with E-state index in [1.54, 1.807) is 0 Å². The summed E-state index contributed by atoms with van der Waals surface area (Å²) in [5, 5.41) is 0. The standard InChI is InChI=1S/C10H18N2O2/c11-8-3-4-10(13)12(6-8)7-9-2-1-5-14-9/h8-9H,1-7,11H2. The molecule has 0 aromatic rings. The van der Waals surface area contributed by atoms with Crippen molar-refractivity contribution in [2.75, 3.05) is 19.7 Å². The highest BCUT2D eigenvalue weighted by Gasteiger charge is 2.27. The molecule has 14 heavy (non-hydrogen) atoms. The van der Waals surface area contributed by atoms with E-state index in [-0.39, 0.29) is 18.1 Å². The minimum atomic E-state index is 0.161. The first-order valence-corrected chi connectivity index (χ1v) is 5.40. The van der Waals surface area contributed by atoms with Crippen molar-refractivity contribution >= 4 is 5.91 Å². The number of nitrogens with two attached hydrogens (primary N) is 1. The van der Waals surface area contributed by atoms with Gasteiger partial charge >= 0.3 is 0 Å². The van der Waals surface area contributed by atoms with Gasteiger partial charge in [0, 0.05) is 32.2 Å². The number of likely N-dealkylation sites (tertiary alicyclic amines) is 1. The van der Waals surface area contributed by atoms with E-state index in [1.165, 1.54) is 0 Å². The number of piperidine rings is 1. The second kappa shape index (κ2) is 4.28. The molecule has 2 N–H and O–H groups in total. The van der Waals surface area contributed by atoms with Crippen LogP contribution < -0.4 is 5.73 Å². The molecule has 2 heterocycles. The summed E-state index contributed by atoms with van der Waals surface area (Å²) in [6, 6.07) is 0.161. The van der Waals surface area contributed by atoms with Gasteiger partial charge in [-0.25, -0.2) is 0 Å². The molecule has 2 saturated heterocycles. The van der Waals surface area contributed by atoms with Gasteiger partial charge < -0.3 is 15.4 Å². The lowest BCUT2D eigenvalue weighted by Crippen LogP contribution is -2.48. The predicted molar refractivity (Wildman–Crippen MR) is 52.8 cm³/mol. The fourth-order valence-electron chi connectivity index (χ4n) is 2.15. The predicted octanol–water partition coefficient (Wildman–Crippen LogP) is 0.115. The number of ether oxygens (including phenoxy) is 1. The van der Waals surface area contributed by atoms with Gasteiger partial charge in [-0.1, -0.05) is 0 Å². The Hall–Kier alpha value is -0.610. The lowest BCUT2D eigenvalue weighted by molar-refractivity contribution is -0.135. The summed E-state index contributed by atoms with van der Waals surface area (Å²) < 4.78 is 5.50. The molecule has 80 valence electrons. The summed E-state index contributed by atoms with van der Waals surface area (Å²) in [7, 11) is 0. The van der Waals surface area contributed by atoms with Crippen molar-refractivity contribution in [1.82, 2.24) is 4.90 Å². The zero-order chi connectivity index (χ0) is 9.97. The van der Waals surface area contributed by atoms with Crippen LogP contribution in [0.25, 0.3) is 0 Å². The van der Waals surface area contributed by atoms with Gasteiger partial charge in [0.2, 0.25) is 5.91 Å². The van der Waals surface area contributed by atoms with Crippen molar-refractivity contribution in [3.63, 3.8) is 0 Å². The van der Waals surface area contributed by atoms with E-state index in [9.17, 15) is 4.79 Å². The lowest BCUT2D eigenvalue weighted by Gasteiger charge is -2.32. The zero-order valence-corrected chi connectivity index (χ0v) is 8.45. The number of hydrogen-bond acceptors (Lipinski definition) is 3. The molecule has 0 spiro atoms. The van der Waals surface area contributed by atoms with Gasteiger partial charge in [-0.05, 0) is 19.3 Å². The topological polar surface area (TPSA) is 55.6 Å². The Kier molecular flexibility index (Phi) is 3.03. The van der Waals surface area contributed by atoms with E-state index < -0.39 is 0 Å². The van der Waals surface area contributed by atoms with Gasteiger partial charge in [0.15, 0.2) is 0 Å². The van der Waals surface area contributed by atoms with Gasteiger partial charge in [0.05, 0.1) is 6.10 Å². The molecule has 2 unspecified atom stereocenters. The molecule has 0 radical (unpaired) electrons. The van der Waals surface area contributed by atoms with Crippen LogP contribution in [0.15, 0.2) is 0 Å². The van der Waals surface area contributed by atoms with Crippen LogP contribution in [0.2, 0.25) is 0 Å². The SMILES string of the molecule is NC1CCC(=O)N(CC2CCCO2)C1. The van der Waals surface area contributed by atoms with E-state index in [1.807, 2.05) is 4.90 Å². The van der Waals surface area contributed by atoms with Crippen molar-refractivity contribution in [3.05, 3.63) is 0 Å². The average molecular weight is 198 g/mol. The summed E-state index contributed by atoms with van der Waals surface area (Å²) in [6.07, 6.45) is 3.90. The number of carbonyl (C=O) groups excluding carboxylic acids is 1.